The molecular formula is C19H23N3O5S2. The number of morpholine rings is 1. The minimum Gasteiger partial charge on any atom is -0.497 e. The van der Waals surface area contributed by atoms with E-state index in [0.717, 1.165) is 0 Å². The summed E-state index contributed by atoms with van der Waals surface area (Å²) >= 11 is 5.34. The van der Waals surface area contributed by atoms with Gasteiger partial charge in [0, 0.05) is 42.7 Å². The summed E-state index contributed by atoms with van der Waals surface area (Å²) in [6, 6.07) is 11.8. The summed E-state index contributed by atoms with van der Waals surface area (Å²) in [6.45, 7) is 1.54. The molecular weight excluding hydrogens is 414 g/mol. The standard InChI is InChI=1S/C19H23N3O5S2/c1-25-16-11-15(12-17(13-16)26-2)21-19(28)20-14-3-5-18(6-4-14)29(23,24)22-7-9-27-10-8-22/h3-6,11-13H,7-10H2,1-2H3,(H2,20,21,28). The minimum atomic E-state index is -3.52. The molecule has 1 aliphatic rings. The molecule has 1 fully saturated rings. The summed E-state index contributed by atoms with van der Waals surface area (Å²) < 4.78 is 42.5. The number of rotatable bonds is 6. The molecule has 2 aromatic rings. The molecule has 0 radical (unpaired) electrons. The third kappa shape index (κ3) is 5.36. The third-order valence-electron chi connectivity index (χ3n) is 4.33. The largest absolute Gasteiger partial charge is 0.497 e. The molecule has 1 saturated heterocycles. The van der Waals surface area contributed by atoms with Crippen LogP contribution in [0.1, 0.15) is 0 Å². The van der Waals surface area contributed by atoms with E-state index >= 15 is 0 Å². The van der Waals surface area contributed by atoms with Crippen LogP contribution in [-0.4, -0.2) is 58.4 Å². The van der Waals surface area contributed by atoms with Gasteiger partial charge >= 0.3 is 0 Å². The fourth-order valence-corrected chi connectivity index (χ4v) is 4.46. The van der Waals surface area contributed by atoms with Crippen LogP contribution in [0.2, 0.25) is 0 Å². The van der Waals surface area contributed by atoms with E-state index in [4.69, 9.17) is 26.4 Å². The van der Waals surface area contributed by atoms with Crippen molar-refractivity contribution in [3.8, 4) is 11.5 Å². The summed E-state index contributed by atoms with van der Waals surface area (Å²) in [5.74, 6) is 1.26. The second-order valence-electron chi connectivity index (χ2n) is 6.22. The molecule has 0 saturated carbocycles. The second-order valence-corrected chi connectivity index (χ2v) is 8.57. The summed E-state index contributed by atoms with van der Waals surface area (Å²) in [4.78, 5) is 0.237. The van der Waals surface area contributed by atoms with Crippen molar-refractivity contribution in [2.75, 3.05) is 51.2 Å². The highest BCUT2D eigenvalue weighted by Crippen LogP contribution is 2.26. The van der Waals surface area contributed by atoms with Crippen LogP contribution in [0.4, 0.5) is 11.4 Å². The Morgan fingerprint density at radius 3 is 2.07 bits per heavy atom. The number of anilines is 2. The van der Waals surface area contributed by atoms with Gasteiger partial charge in [-0.1, -0.05) is 0 Å². The first kappa shape index (κ1) is 21.3. The van der Waals surface area contributed by atoms with Crippen molar-refractivity contribution in [1.29, 1.82) is 0 Å². The van der Waals surface area contributed by atoms with Crippen molar-refractivity contribution >= 4 is 38.7 Å². The molecule has 2 aromatic carbocycles. The Kier molecular flexibility index (Phi) is 6.91. The zero-order valence-electron chi connectivity index (χ0n) is 16.2. The number of nitrogens with one attached hydrogen (secondary N) is 2. The molecule has 0 unspecified atom stereocenters. The van der Waals surface area contributed by atoms with E-state index in [0.29, 0.717) is 54.3 Å². The van der Waals surface area contributed by atoms with Crippen molar-refractivity contribution in [1.82, 2.24) is 4.31 Å². The Hall–Kier alpha value is -2.40. The van der Waals surface area contributed by atoms with E-state index in [1.54, 1.807) is 56.7 Å². The number of sulfonamides is 1. The normalized spacial score (nSPS) is 14.8. The number of hydrogen-bond acceptors (Lipinski definition) is 6. The summed E-state index contributed by atoms with van der Waals surface area (Å²) in [7, 11) is -0.380. The molecule has 0 aliphatic carbocycles. The molecule has 8 nitrogen and oxygen atoms in total. The fourth-order valence-electron chi connectivity index (χ4n) is 2.82. The average Bonchev–Trinajstić information content (AvgIpc) is 2.74. The summed E-state index contributed by atoms with van der Waals surface area (Å²) in [6.07, 6.45) is 0. The fraction of sp³-hybridized carbons (Fsp3) is 0.316. The number of nitrogens with zero attached hydrogens (tertiary/aromatic N) is 1. The van der Waals surface area contributed by atoms with Gasteiger partial charge in [0.1, 0.15) is 11.5 Å². The van der Waals surface area contributed by atoms with Crippen molar-refractivity contribution in [2.24, 2.45) is 0 Å². The predicted molar refractivity (Wildman–Crippen MR) is 115 cm³/mol. The molecule has 156 valence electrons. The van der Waals surface area contributed by atoms with Gasteiger partial charge in [0.2, 0.25) is 10.0 Å². The van der Waals surface area contributed by atoms with Gasteiger partial charge in [0.25, 0.3) is 0 Å². The van der Waals surface area contributed by atoms with Gasteiger partial charge in [0.15, 0.2) is 5.11 Å². The molecule has 0 aromatic heterocycles. The van der Waals surface area contributed by atoms with Gasteiger partial charge in [-0.3, -0.25) is 0 Å². The highest BCUT2D eigenvalue weighted by molar-refractivity contribution is 7.89. The van der Waals surface area contributed by atoms with Gasteiger partial charge in [0.05, 0.1) is 32.3 Å². The minimum absolute atomic E-state index is 0.237. The Bertz CT molecular complexity index is 936. The average molecular weight is 438 g/mol. The highest BCUT2D eigenvalue weighted by Gasteiger charge is 2.26. The van der Waals surface area contributed by atoms with Gasteiger partial charge in [-0.15, -0.1) is 0 Å². The number of thiocarbonyl (C=S) groups is 1. The van der Waals surface area contributed by atoms with E-state index in [9.17, 15) is 8.42 Å². The molecule has 0 spiro atoms. The monoisotopic (exact) mass is 437 g/mol. The van der Waals surface area contributed by atoms with E-state index in [1.807, 2.05) is 0 Å². The van der Waals surface area contributed by atoms with Crippen LogP contribution in [0, 0.1) is 0 Å². The van der Waals surface area contributed by atoms with Crippen LogP contribution in [0.25, 0.3) is 0 Å². The molecule has 3 rings (SSSR count). The van der Waals surface area contributed by atoms with Crippen molar-refractivity contribution in [2.45, 2.75) is 4.90 Å². The van der Waals surface area contributed by atoms with Crippen LogP contribution in [0.5, 0.6) is 11.5 Å². The first-order valence-electron chi connectivity index (χ1n) is 8.91. The van der Waals surface area contributed by atoms with Crippen LogP contribution >= 0.6 is 12.2 Å². The number of ether oxygens (including phenoxy) is 3. The topological polar surface area (TPSA) is 89.1 Å². The quantitative estimate of drug-likeness (QED) is 0.667. The van der Waals surface area contributed by atoms with Crippen LogP contribution in [0.15, 0.2) is 47.4 Å². The Balaban J connectivity index is 1.66. The molecule has 2 N–H and O–H groups in total. The van der Waals surface area contributed by atoms with Gasteiger partial charge in [-0.05, 0) is 36.5 Å². The summed E-state index contributed by atoms with van der Waals surface area (Å²) in [5.41, 5.74) is 1.36. The van der Waals surface area contributed by atoms with Gasteiger partial charge < -0.3 is 24.8 Å². The lowest BCUT2D eigenvalue weighted by molar-refractivity contribution is 0.0730. The second kappa shape index (κ2) is 9.40. The molecule has 0 bridgehead atoms. The smallest absolute Gasteiger partial charge is 0.243 e. The van der Waals surface area contributed by atoms with Crippen LogP contribution in [-0.2, 0) is 14.8 Å². The predicted octanol–water partition coefficient (Wildman–Crippen LogP) is 2.53. The molecule has 0 amide bonds. The maximum atomic E-state index is 12.7. The van der Waals surface area contributed by atoms with Gasteiger partial charge in [-0.2, -0.15) is 4.31 Å². The van der Waals surface area contributed by atoms with Gasteiger partial charge in [-0.25, -0.2) is 8.42 Å². The number of benzene rings is 2. The lowest BCUT2D eigenvalue weighted by Gasteiger charge is -2.26. The van der Waals surface area contributed by atoms with Crippen molar-refractivity contribution in [3.05, 3.63) is 42.5 Å². The SMILES string of the molecule is COc1cc(NC(=S)Nc2ccc(S(=O)(=O)N3CCOCC3)cc2)cc(OC)c1. The van der Waals surface area contributed by atoms with Crippen LogP contribution < -0.4 is 20.1 Å². The van der Waals surface area contributed by atoms with E-state index in [1.165, 1.54) is 4.31 Å². The maximum absolute atomic E-state index is 12.7. The first-order chi connectivity index (χ1) is 13.9. The Morgan fingerprint density at radius 2 is 1.52 bits per heavy atom. The molecule has 1 heterocycles. The summed E-state index contributed by atoms with van der Waals surface area (Å²) in [5, 5.41) is 6.44. The first-order valence-corrected chi connectivity index (χ1v) is 10.8. The van der Waals surface area contributed by atoms with E-state index in [-0.39, 0.29) is 4.90 Å². The van der Waals surface area contributed by atoms with Crippen molar-refractivity contribution in [3.63, 3.8) is 0 Å². The number of methoxy groups -OCH3 is 2. The lowest BCUT2D eigenvalue weighted by Crippen LogP contribution is -2.40. The molecule has 0 atom stereocenters. The zero-order chi connectivity index (χ0) is 20.9. The zero-order valence-corrected chi connectivity index (χ0v) is 17.8. The molecule has 29 heavy (non-hydrogen) atoms. The number of hydrogen-bond donors (Lipinski definition) is 2. The Morgan fingerprint density at radius 1 is 0.966 bits per heavy atom. The third-order valence-corrected chi connectivity index (χ3v) is 6.45. The molecule has 10 heteroatoms. The van der Waals surface area contributed by atoms with Crippen LogP contribution in [0.3, 0.4) is 0 Å². The lowest BCUT2D eigenvalue weighted by atomic mass is 10.3. The highest BCUT2D eigenvalue weighted by atomic mass is 32.2. The van der Waals surface area contributed by atoms with E-state index in [2.05, 4.69) is 10.6 Å². The molecule has 1 aliphatic heterocycles. The van der Waals surface area contributed by atoms with E-state index < -0.39 is 10.0 Å². The Labute approximate surface area is 175 Å². The van der Waals surface area contributed by atoms with Crippen molar-refractivity contribution < 1.29 is 22.6 Å². The maximum Gasteiger partial charge on any atom is 0.243 e.